The van der Waals surface area contributed by atoms with Gasteiger partial charge in [0, 0.05) is 18.1 Å². The molecule has 1 nitrogen and oxygen atoms in total. The molecular weight excluding hydrogens is 194 g/mol. The van der Waals surface area contributed by atoms with Crippen molar-refractivity contribution in [3.05, 3.63) is 47.5 Å². The number of hydrogen-bond donors (Lipinski definition) is 0. The number of benzene rings is 1. The Morgan fingerprint density at radius 1 is 1.36 bits per heavy atom. The van der Waals surface area contributed by atoms with Gasteiger partial charge >= 0.3 is 0 Å². The Morgan fingerprint density at radius 2 is 2.00 bits per heavy atom. The van der Waals surface area contributed by atoms with Crippen molar-refractivity contribution in [2.45, 2.75) is 13.5 Å². The first-order valence-electron chi connectivity index (χ1n) is 4.82. The van der Waals surface area contributed by atoms with Crippen LogP contribution in [0, 0.1) is 0 Å². The summed E-state index contributed by atoms with van der Waals surface area (Å²) in [6, 6.07) is 10.4. The van der Waals surface area contributed by atoms with Crippen molar-refractivity contribution >= 4 is 11.6 Å². The summed E-state index contributed by atoms with van der Waals surface area (Å²) in [5, 5.41) is 0.697. The zero-order chi connectivity index (χ0) is 10.4. The first-order chi connectivity index (χ1) is 6.72. The van der Waals surface area contributed by atoms with E-state index in [9.17, 15) is 0 Å². The quantitative estimate of drug-likeness (QED) is 0.720. The van der Waals surface area contributed by atoms with Crippen molar-refractivity contribution in [3.8, 4) is 0 Å². The second-order valence-electron chi connectivity index (χ2n) is 3.31. The van der Waals surface area contributed by atoms with Crippen LogP contribution in [0.25, 0.3) is 0 Å². The Balaban J connectivity index is 2.53. The van der Waals surface area contributed by atoms with E-state index in [-0.39, 0.29) is 0 Å². The Labute approximate surface area is 91.0 Å². The molecule has 0 aliphatic carbocycles. The molecule has 0 aliphatic rings. The van der Waals surface area contributed by atoms with E-state index in [1.54, 1.807) is 0 Å². The van der Waals surface area contributed by atoms with Gasteiger partial charge in [-0.2, -0.15) is 0 Å². The van der Waals surface area contributed by atoms with Crippen LogP contribution >= 0.6 is 11.6 Å². The highest BCUT2D eigenvalue weighted by Crippen LogP contribution is 2.07. The summed E-state index contributed by atoms with van der Waals surface area (Å²) >= 11 is 5.78. The van der Waals surface area contributed by atoms with Crippen LogP contribution in [0.15, 0.2) is 41.9 Å². The molecule has 76 valence electrons. The smallest absolute Gasteiger partial charge is 0.0339 e. The van der Waals surface area contributed by atoms with Crippen molar-refractivity contribution in [3.63, 3.8) is 0 Å². The first-order valence-corrected chi connectivity index (χ1v) is 5.19. The van der Waals surface area contributed by atoms with Gasteiger partial charge in [0.2, 0.25) is 0 Å². The van der Waals surface area contributed by atoms with Crippen molar-refractivity contribution < 1.29 is 0 Å². The lowest BCUT2D eigenvalue weighted by Gasteiger charge is -2.19. The fourth-order valence-corrected chi connectivity index (χ4v) is 1.53. The summed E-state index contributed by atoms with van der Waals surface area (Å²) in [4.78, 5) is 2.25. The lowest BCUT2D eigenvalue weighted by Crippen LogP contribution is -2.23. The number of halogens is 1. The van der Waals surface area contributed by atoms with Gasteiger partial charge in [-0.1, -0.05) is 55.4 Å². The lowest BCUT2D eigenvalue weighted by molar-refractivity contribution is 0.309. The van der Waals surface area contributed by atoms with Crippen LogP contribution < -0.4 is 0 Å². The maximum Gasteiger partial charge on any atom is 0.0339 e. The first kappa shape index (κ1) is 11.3. The van der Waals surface area contributed by atoms with Crippen LogP contribution in [-0.2, 0) is 6.54 Å². The molecule has 2 heteroatoms. The maximum absolute atomic E-state index is 5.78. The molecule has 0 heterocycles. The molecule has 0 saturated heterocycles. The Hall–Kier alpha value is -0.790. The normalized spacial score (nSPS) is 10.5. The summed E-state index contributed by atoms with van der Waals surface area (Å²) in [5.74, 6) is 0. The van der Waals surface area contributed by atoms with E-state index in [2.05, 4.69) is 42.7 Å². The van der Waals surface area contributed by atoms with E-state index in [1.807, 2.05) is 6.07 Å². The summed E-state index contributed by atoms with van der Waals surface area (Å²) < 4.78 is 0. The van der Waals surface area contributed by atoms with E-state index in [0.717, 1.165) is 19.6 Å². The van der Waals surface area contributed by atoms with Gasteiger partial charge in [0.1, 0.15) is 0 Å². The standard InChI is InChI=1S/C12H16ClN/c1-3-14(9-11(2)13)10-12-7-5-4-6-8-12/h4-8H,2-3,9-10H2,1H3. The monoisotopic (exact) mass is 209 g/mol. The predicted octanol–water partition coefficient (Wildman–Crippen LogP) is 3.26. The van der Waals surface area contributed by atoms with Crippen LogP contribution in [0.2, 0.25) is 0 Å². The molecule has 1 aromatic rings. The van der Waals surface area contributed by atoms with E-state index in [4.69, 9.17) is 11.6 Å². The zero-order valence-electron chi connectivity index (χ0n) is 8.54. The van der Waals surface area contributed by atoms with E-state index >= 15 is 0 Å². The average molecular weight is 210 g/mol. The largest absolute Gasteiger partial charge is 0.294 e. The van der Waals surface area contributed by atoms with Gasteiger partial charge in [0.05, 0.1) is 0 Å². The third-order valence-corrected chi connectivity index (χ3v) is 2.21. The summed E-state index contributed by atoms with van der Waals surface area (Å²) in [6.07, 6.45) is 0. The highest BCUT2D eigenvalue weighted by molar-refractivity contribution is 6.29. The fourth-order valence-electron chi connectivity index (χ4n) is 1.36. The number of nitrogens with zero attached hydrogens (tertiary/aromatic N) is 1. The number of hydrogen-bond acceptors (Lipinski definition) is 1. The van der Waals surface area contributed by atoms with Gasteiger partial charge in [0.25, 0.3) is 0 Å². The molecule has 1 rings (SSSR count). The van der Waals surface area contributed by atoms with Crippen LogP contribution in [0.3, 0.4) is 0 Å². The third-order valence-electron chi connectivity index (χ3n) is 2.09. The molecule has 0 atom stereocenters. The van der Waals surface area contributed by atoms with E-state index in [0.29, 0.717) is 5.03 Å². The summed E-state index contributed by atoms with van der Waals surface area (Å²) in [7, 11) is 0. The zero-order valence-corrected chi connectivity index (χ0v) is 9.30. The third kappa shape index (κ3) is 3.95. The minimum atomic E-state index is 0.697. The molecule has 0 bridgehead atoms. The number of likely N-dealkylation sites (N-methyl/N-ethyl adjacent to an activating group) is 1. The SMILES string of the molecule is C=C(Cl)CN(CC)Cc1ccccc1. The molecule has 0 amide bonds. The maximum atomic E-state index is 5.78. The van der Waals surface area contributed by atoms with Gasteiger partial charge < -0.3 is 0 Å². The Bertz CT molecular complexity index is 282. The Kier molecular flexibility index (Phi) is 4.71. The highest BCUT2D eigenvalue weighted by Gasteiger charge is 2.03. The minimum Gasteiger partial charge on any atom is -0.294 e. The molecule has 0 unspecified atom stereocenters. The van der Waals surface area contributed by atoms with Gasteiger partial charge in [-0.15, -0.1) is 0 Å². The minimum absolute atomic E-state index is 0.697. The van der Waals surface area contributed by atoms with E-state index < -0.39 is 0 Å². The molecule has 0 fully saturated rings. The highest BCUT2D eigenvalue weighted by atomic mass is 35.5. The van der Waals surface area contributed by atoms with E-state index in [1.165, 1.54) is 5.56 Å². The molecule has 0 aliphatic heterocycles. The van der Waals surface area contributed by atoms with Crippen molar-refractivity contribution in [2.24, 2.45) is 0 Å². The molecule has 0 radical (unpaired) electrons. The molecule has 1 aromatic carbocycles. The van der Waals surface area contributed by atoms with Crippen LogP contribution in [-0.4, -0.2) is 18.0 Å². The van der Waals surface area contributed by atoms with Gasteiger partial charge in [-0.3, -0.25) is 4.90 Å². The van der Waals surface area contributed by atoms with Crippen LogP contribution in [0.4, 0.5) is 0 Å². The molecule has 14 heavy (non-hydrogen) atoms. The molecule has 0 N–H and O–H groups in total. The van der Waals surface area contributed by atoms with Gasteiger partial charge in [-0.05, 0) is 12.1 Å². The lowest BCUT2D eigenvalue weighted by atomic mass is 10.2. The second kappa shape index (κ2) is 5.84. The van der Waals surface area contributed by atoms with Crippen LogP contribution in [0.5, 0.6) is 0 Å². The van der Waals surface area contributed by atoms with Crippen molar-refractivity contribution in [2.75, 3.05) is 13.1 Å². The van der Waals surface area contributed by atoms with Gasteiger partial charge in [0.15, 0.2) is 0 Å². The average Bonchev–Trinajstić information content (AvgIpc) is 2.17. The molecule has 0 saturated carbocycles. The molecule has 0 aromatic heterocycles. The fraction of sp³-hybridized carbons (Fsp3) is 0.333. The summed E-state index contributed by atoms with van der Waals surface area (Å²) in [6.45, 7) is 8.51. The van der Waals surface area contributed by atoms with Crippen molar-refractivity contribution in [1.82, 2.24) is 4.90 Å². The number of rotatable bonds is 5. The topological polar surface area (TPSA) is 3.24 Å². The van der Waals surface area contributed by atoms with Gasteiger partial charge in [-0.25, -0.2) is 0 Å². The van der Waals surface area contributed by atoms with Crippen molar-refractivity contribution in [1.29, 1.82) is 0 Å². The Morgan fingerprint density at radius 3 is 2.50 bits per heavy atom. The second-order valence-corrected chi connectivity index (χ2v) is 3.84. The summed E-state index contributed by atoms with van der Waals surface area (Å²) in [5.41, 5.74) is 1.31. The molecular formula is C12H16ClN. The van der Waals surface area contributed by atoms with Crippen LogP contribution in [0.1, 0.15) is 12.5 Å². The molecule has 0 spiro atoms. The predicted molar refractivity (Wildman–Crippen MR) is 62.4 cm³/mol.